The van der Waals surface area contributed by atoms with Crippen LogP contribution in [0.1, 0.15) is 13.3 Å². The van der Waals surface area contributed by atoms with E-state index in [-0.39, 0.29) is 27.3 Å². The Bertz CT molecular complexity index is 946. The molecule has 1 aromatic carbocycles. The van der Waals surface area contributed by atoms with Crippen LogP contribution in [0.2, 0.25) is 10.0 Å². The molecule has 0 radical (unpaired) electrons. The Hall–Kier alpha value is -1.33. The maximum Gasteiger partial charge on any atom is 0.250 e. The third-order valence-electron chi connectivity index (χ3n) is 3.39. The molecule has 0 spiro atoms. The van der Waals surface area contributed by atoms with Crippen molar-refractivity contribution in [2.45, 2.75) is 23.7 Å². The zero-order valence-electron chi connectivity index (χ0n) is 15.1. The Kier molecular flexibility index (Phi) is 8.14. The van der Waals surface area contributed by atoms with Gasteiger partial charge >= 0.3 is 0 Å². The highest BCUT2D eigenvalue weighted by Gasteiger charge is 2.32. The summed E-state index contributed by atoms with van der Waals surface area (Å²) in [6.45, 7) is 5.34. The number of carbonyl (C=O) groups is 1. The minimum atomic E-state index is -3.80. The fourth-order valence-electron chi connectivity index (χ4n) is 2.36. The van der Waals surface area contributed by atoms with E-state index >= 15 is 0 Å². The number of aromatic nitrogens is 2. The lowest BCUT2D eigenvalue weighted by molar-refractivity contribution is -0.117. The number of amides is 1. The summed E-state index contributed by atoms with van der Waals surface area (Å²) < 4.78 is 26.6. The molecule has 0 bridgehead atoms. The summed E-state index contributed by atoms with van der Waals surface area (Å²) in [5.41, 5.74) is 0.210. The topological polar surface area (TPSA) is 92.3 Å². The Balaban J connectivity index is 2.31. The first-order valence-corrected chi connectivity index (χ1v) is 12.4. The third kappa shape index (κ3) is 6.08. The van der Waals surface area contributed by atoms with E-state index in [4.69, 9.17) is 23.2 Å². The number of hydrogen-bond donors (Lipinski definition) is 1. The molecule has 1 N–H and O–H groups in total. The molecule has 0 fully saturated rings. The summed E-state index contributed by atoms with van der Waals surface area (Å²) in [4.78, 5) is 12.8. The van der Waals surface area contributed by atoms with Crippen molar-refractivity contribution in [1.29, 1.82) is 0 Å². The number of thioether (sulfide) groups is 1. The first-order valence-electron chi connectivity index (χ1n) is 7.99. The van der Waals surface area contributed by atoms with Gasteiger partial charge in [-0.05, 0) is 24.6 Å². The second kappa shape index (κ2) is 9.93. The van der Waals surface area contributed by atoms with Crippen LogP contribution in [0.15, 0.2) is 35.2 Å². The second-order valence-corrected chi connectivity index (χ2v) is 10.5. The number of nitrogens with zero attached hydrogens (tertiary/aromatic N) is 3. The van der Waals surface area contributed by atoms with Crippen molar-refractivity contribution >= 4 is 73.0 Å². The molecular weight excluding hydrogens is 463 g/mol. The summed E-state index contributed by atoms with van der Waals surface area (Å²) in [7, 11) is -3.80. The maximum atomic E-state index is 12.8. The molecule has 0 aliphatic rings. The molecule has 1 aromatic heterocycles. The van der Waals surface area contributed by atoms with E-state index in [9.17, 15) is 13.2 Å². The van der Waals surface area contributed by atoms with Crippen LogP contribution in [0.25, 0.3) is 0 Å². The van der Waals surface area contributed by atoms with E-state index in [2.05, 4.69) is 22.1 Å². The predicted octanol–water partition coefficient (Wildman–Crippen LogP) is 4.31. The zero-order chi connectivity index (χ0) is 20.9. The summed E-state index contributed by atoms with van der Waals surface area (Å²) in [6.07, 6.45) is 2.98. The van der Waals surface area contributed by atoms with Crippen molar-refractivity contribution in [2.75, 3.05) is 21.6 Å². The lowest BCUT2D eigenvalue weighted by Gasteiger charge is -2.30. The summed E-state index contributed by atoms with van der Waals surface area (Å²) >= 11 is 14.7. The van der Waals surface area contributed by atoms with E-state index in [1.54, 1.807) is 13.0 Å². The SMILES string of the molecule is C=CCSc1nnc(NC(=O)[C@H](CC)N(c2cc(Cl)cc(Cl)c2)S(C)(=O)=O)s1. The molecule has 152 valence electrons. The van der Waals surface area contributed by atoms with Gasteiger partial charge < -0.3 is 0 Å². The minimum Gasteiger partial charge on any atom is -0.299 e. The average Bonchev–Trinajstić information content (AvgIpc) is 3.02. The molecule has 0 unspecified atom stereocenters. The summed E-state index contributed by atoms with van der Waals surface area (Å²) in [5, 5.41) is 11.3. The van der Waals surface area contributed by atoms with Crippen LogP contribution < -0.4 is 9.62 Å². The molecule has 0 aliphatic heterocycles. The van der Waals surface area contributed by atoms with Crippen molar-refractivity contribution in [3.8, 4) is 0 Å². The van der Waals surface area contributed by atoms with Gasteiger partial charge in [-0.3, -0.25) is 14.4 Å². The van der Waals surface area contributed by atoms with Gasteiger partial charge in [0.25, 0.3) is 0 Å². The van der Waals surface area contributed by atoms with Gasteiger partial charge in [-0.2, -0.15) is 0 Å². The van der Waals surface area contributed by atoms with Gasteiger partial charge in [0.15, 0.2) is 4.34 Å². The monoisotopic (exact) mass is 480 g/mol. The first kappa shape index (κ1) is 23.0. The molecule has 2 rings (SSSR count). The van der Waals surface area contributed by atoms with Gasteiger partial charge in [0.05, 0.1) is 11.9 Å². The van der Waals surface area contributed by atoms with E-state index in [1.807, 2.05) is 0 Å². The highest BCUT2D eigenvalue weighted by Crippen LogP contribution is 2.30. The standard InChI is InChI=1S/C16H18Cl2N4O3S3/c1-4-6-26-16-21-20-15(27-16)19-14(23)13(5-2)22(28(3,24)25)12-8-10(17)7-11(18)9-12/h4,7-9,13H,1,5-6H2,2-3H3,(H,19,20,23)/t13-/m0/s1. The van der Waals surface area contributed by atoms with Crippen molar-refractivity contribution in [3.05, 3.63) is 40.9 Å². The smallest absolute Gasteiger partial charge is 0.250 e. The number of halogens is 2. The zero-order valence-corrected chi connectivity index (χ0v) is 19.0. The fourth-order valence-corrected chi connectivity index (χ4v) is 5.59. The molecule has 0 saturated heterocycles. The quantitative estimate of drug-likeness (QED) is 0.326. The number of sulfonamides is 1. The van der Waals surface area contributed by atoms with Crippen molar-refractivity contribution in [1.82, 2.24) is 10.2 Å². The normalized spacial score (nSPS) is 12.4. The van der Waals surface area contributed by atoms with Crippen molar-refractivity contribution in [2.24, 2.45) is 0 Å². The first-order chi connectivity index (χ1) is 13.2. The van der Waals surface area contributed by atoms with E-state index in [1.165, 1.54) is 41.3 Å². The fraction of sp³-hybridized carbons (Fsp3) is 0.312. The van der Waals surface area contributed by atoms with Gasteiger partial charge in [-0.1, -0.05) is 59.3 Å². The van der Waals surface area contributed by atoms with Crippen LogP contribution in [0.3, 0.4) is 0 Å². The number of anilines is 2. The number of nitrogens with one attached hydrogen (secondary N) is 1. The minimum absolute atomic E-state index is 0.210. The van der Waals surface area contributed by atoms with Crippen molar-refractivity contribution < 1.29 is 13.2 Å². The Morgan fingerprint density at radius 1 is 1.36 bits per heavy atom. The highest BCUT2D eigenvalue weighted by atomic mass is 35.5. The van der Waals surface area contributed by atoms with Gasteiger partial charge in [0, 0.05) is 15.8 Å². The molecule has 0 saturated carbocycles. The number of rotatable bonds is 9. The molecular formula is C16H18Cl2N4O3S3. The number of hydrogen-bond acceptors (Lipinski definition) is 7. The van der Waals surface area contributed by atoms with Crippen LogP contribution in [-0.4, -0.2) is 42.6 Å². The molecule has 2 aromatic rings. The lowest BCUT2D eigenvalue weighted by atomic mass is 10.2. The summed E-state index contributed by atoms with van der Waals surface area (Å²) in [6, 6.07) is 3.36. The van der Waals surface area contributed by atoms with Crippen LogP contribution in [0.5, 0.6) is 0 Å². The number of benzene rings is 1. The average molecular weight is 481 g/mol. The predicted molar refractivity (Wildman–Crippen MR) is 117 cm³/mol. The van der Waals surface area contributed by atoms with Crippen LogP contribution >= 0.6 is 46.3 Å². The molecule has 1 amide bonds. The van der Waals surface area contributed by atoms with Crippen LogP contribution in [0, 0.1) is 0 Å². The maximum absolute atomic E-state index is 12.8. The molecule has 0 aliphatic carbocycles. The van der Waals surface area contributed by atoms with Gasteiger partial charge in [0.2, 0.25) is 21.1 Å². The highest BCUT2D eigenvalue weighted by molar-refractivity contribution is 8.01. The Morgan fingerprint density at radius 3 is 2.54 bits per heavy atom. The van der Waals surface area contributed by atoms with Gasteiger partial charge in [-0.25, -0.2) is 8.42 Å². The number of carbonyl (C=O) groups excluding carboxylic acids is 1. The van der Waals surface area contributed by atoms with Crippen LogP contribution in [0.4, 0.5) is 10.8 Å². The summed E-state index contributed by atoms with van der Waals surface area (Å²) in [5.74, 6) is 0.137. The van der Waals surface area contributed by atoms with Gasteiger partial charge in [-0.15, -0.1) is 16.8 Å². The largest absolute Gasteiger partial charge is 0.299 e. The Labute approximate surface area is 182 Å². The second-order valence-electron chi connectivity index (χ2n) is 5.57. The molecule has 1 heterocycles. The van der Waals surface area contributed by atoms with Crippen molar-refractivity contribution in [3.63, 3.8) is 0 Å². The molecule has 7 nitrogen and oxygen atoms in total. The lowest BCUT2D eigenvalue weighted by Crippen LogP contribution is -2.47. The Morgan fingerprint density at radius 2 is 2.00 bits per heavy atom. The molecule has 12 heteroatoms. The van der Waals surface area contributed by atoms with Gasteiger partial charge in [0.1, 0.15) is 6.04 Å². The van der Waals surface area contributed by atoms with E-state index in [0.29, 0.717) is 10.1 Å². The van der Waals surface area contributed by atoms with E-state index in [0.717, 1.165) is 10.6 Å². The third-order valence-corrected chi connectivity index (χ3v) is 6.98. The molecule has 1 atom stereocenters. The van der Waals surface area contributed by atoms with Crippen LogP contribution in [-0.2, 0) is 14.8 Å². The van der Waals surface area contributed by atoms with E-state index < -0.39 is 22.0 Å². The molecule has 28 heavy (non-hydrogen) atoms.